The average Bonchev–Trinajstić information content (AvgIpc) is 2.91. The Morgan fingerprint density at radius 2 is 2.32 bits per heavy atom. The molecule has 0 unspecified atom stereocenters. The number of anilines is 2. The fourth-order valence-corrected chi connectivity index (χ4v) is 1.57. The van der Waals surface area contributed by atoms with Crippen LogP contribution in [0, 0.1) is 0 Å². The van der Waals surface area contributed by atoms with Gasteiger partial charge >= 0.3 is 5.97 Å². The highest BCUT2D eigenvalue weighted by molar-refractivity contribution is 5.96. The highest BCUT2D eigenvalue weighted by Crippen LogP contribution is 2.19. The van der Waals surface area contributed by atoms with Gasteiger partial charge in [0.25, 0.3) is 0 Å². The summed E-state index contributed by atoms with van der Waals surface area (Å²) >= 11 is 0. The lowest BCUT2D eigenvalue weighted by Crippen LogP contribution is -2.09. The van der Waals surface area contributed by atoms with E-state index in [9.17, 15) is 4.79 Å². The maximum absolute atomic E-state index is 11.7. The summed E-state index contributed by atoms with van der Waals surface area (Å²) in [7, 11) is 0. The molecular formula is C13H15N3O3. The van der Waals surface area contributed by atoms with Gasteiger partial charge in [0.1, 0.15) is 12.0 Å². The Balaban J connectivity index is 2.09. The Morgan fingerprint density at radius 3 is 3.00 bits per heavy atom. The molecule has 1 heterocycles. The van der Waals surface area contributed by atoms with Crippen LogP contribution < -0.4 is 11.1 Å². The minimum Gasteiger partial charge on any atom is -0.462 e. The van der Waals surface area contributed by atoms with Crippen LogP contribution in [0.4, 0.5) is 11.4 Å². The molecule has 1 aromatic carbocycles. The van der Waals surface area contributed by atoms with E-state index in [-0.39, 0.29) is 0 Å². The molecule has 0 amide bonds. The lowest BCUT2D eigenvalue weighted by Gasteiger charge is -2.09. The summed E-state index contributed by atoms with van der Waals surface area (Å²) in [5.41, 5.74) is 8.04. The number of benzene rings is 1. The number of nitrogens with one attached hydrogen (secondary N) is 1. The Kier molecular flexibility index (Phi) is 4.02. The van der Waals surface area contributed by atoms with Crippen LogP contribution in [-0.2, 0) is 11.3 Å². The topological polar surface area (TPSA) is 90.4 Å². The second kappa shape index (κ2) is 5.90. The first kappa shape index (κ1) is 12.9. The number of carbonyl (C=O) groups is 1. The van der Waals surface area contributed by atoms with Crippen LogP contribution in [-0.4, -0.2) is 17.7 Å². The summed E-state index contributed by atoms with van der Waals surface area (Å²) in [6, 6.07) is 6.87. The third-order valence-electron chi connectivity index (χ3n) is 2.51. The number of esters is 1. The molecule has 0 aliphatic carbocycles. The van der Waals surface area contributed by atoms with Crippen LogP contribution >= 0.6 is 0 Å². The molecule has 1 aromatic heterocycles. The molecule has 0 atom stereocenters. The highest BCUT2D eigenvalue weighted by atomic mass is 16.5. The molecule has 0 saturated heterocycles. The first-order chi connectivity index (χ1) is 9.20. The maximum atomic E-state index is 11.7. The van der Waals surface area contributed by atoms with E-state index in [0.29, 0.717) is 24.4 Å². The fraction of sp³-hybridized carbons (Fsp3) is 0.231. The Morgan fingerprint density at radius 1 is 1.47 bits per heavy atom. The molecule has 0 saturated carbocycles. The van der Waals surface area contributed by atoms with E-state index in [2.05, 4.69) is 10.5 Å². The number of nitrogen functional groups attached to an aromatic ring is 1. The zero-order valence-electron chi connectivity index (χ0n) is 10.6. The molecule has 100 valence electrons. The predicted molar refractivity (Wildman–Crippen MR) is 70.6 cm³/mol. The molecule has 6 heteroatoms. The van der Waals surface area contributed by atoms with Gasteiger partial charge in [-0.15, -0.1) is 0 Å². The minimum absolute atomic E-state index is 0.314. The van der Waals surface area contributed by atoms with Crippen molar-refractivity contribution in [1.29, 1.82) is 0 Å². The van der Waals surface area contributed by atoms with E-state index in [1.807, 2.05) is 0 Å². The molecule has 2 aromatic rings. The third-order valence-corrected chi connectivity index (χ3v) is 2.51. The maximum Gasteiger partial charge on any atom is 0.340 e. The SMILES string of the molecule is CCOC(=O)c1cc(NCc2ccon2)ccc1N. The van der Waals surface area contributed by atoms with Crippen molar-refractivity contribution in [2.45, 2.75) is 13.5 Å². The number of nitrogens with zero attached hydrogens (tertiary/aromatic N) is 1. The number of nitrogens with two attached hydrogens (primary N) is 1. The van der Waals surface area contributed by atoms with E-state index in [1.165, 1.54) is 6.26 Å². The molecular weight excluding hydrogens is 246 g/mol. The van der Waals surface area contributed by atoms with Crippen LogP contribution in [0.2, 0.25) is 0 Å². The van der Waals surface area contributed by atoms with Crippen molar-refractivity contribution in [1.82, 2.24) is 5.16 Å². The number of aromatic nitrogens is 1. The van der Waals surface area contributed by atoms with Gasteiger partial charge in [0, 0.05) is 17.4 Å². The lowest BCUT2D eigenvalue weighted by molar-refractivity contribution is 0.0527. The molecule has 0 aliphatic heterocycles. The van der Waals surface area contributed by atoms with Gasteiger partial charge in [-0.25, -0.2) is 4.79 Å². The quantitative estimate of drug-likeness (QED) is 0.632. The van der Waals surface area contributed by atoms with E-state index >= 15 is 0 Å². The van der Waals surface area contributed by atoms with Crippen molar-refractivity contribution in [3.63, 3.8) is 0 Å². The zero-order chi connectivity index (χ0) is 13.7. The summed E-state index contributed by atoms with van der Waals surface area (Å²) in [5, 5.41) is 6.91. The van der Waals surface area contributed by atoms with Crippen LogP contribution in [0.15, 0.2) is 35.1 Å². The van der Waals surface area contributed by atoms with Crippen LogP contribution in [0.1, 0.15) is 23.0 Å². The summed E-state index contributed by atoms with van der Waals surface area (Å²) in [6.07, 6.45) is 1.50. The molecule has 6 nitrogen and oxygen atoms in total. The van der Waals surface area contributed by atoms with Crippen LogP contribution in [0.5, 0.6) is 0 Å². The van der Waals surface area contributed by atoms with Crippen molar-refractivity contribution in [2.24, 2.45) is 0 Å². The summed E-state index contributed by atoms with van der Waals surface area (Å²) in [5.74, 6) is -0.426. The number of rotatable bonds is 5. The van der Waals surface area contributed by atoms with Crippen molar-refractivity contribution >= 4 is 17.3 Å². The lowest BCUT2D eigenvalue weighted by atomic mass is 10.1. The Bertz CT molecular complexity index is 552. The molecule has 0 fully saturated rings. The van der Waals surface area contributed by atoms with Gasteiger partial charge in [0.15, 0.2) is 0 Å². The van der Waals surface area contributed by atoms with Crippen molar-refractivity contribution in [3.05, 3.63) is 41.8 Å². The number of ether oxygens (including phenoxy) is 1. The van der Waals surface area contributed by atoms with E-state index < -0.39 is 5.97 Å². The van der Waals surface area contributed by atoms with E-state index in [0.717, 1.165) is 11.4 Å². The van der Waals surface area contributed by atoms with E-state index in [4.69, 9.17) is 15.0 Å². The standard InChI is InChI=1S/C13H15N3O3/c1-2-18-13(17)11-7-9(3-4-12(11)14)15-8-10-5-6-19-16-10/h3-7,15H,2,8,14H2,1H3. The largest absolute Gasteiger partial charge is 0.462 e. The second-order valence-corrected chi connectivity index (χ2v) is 3.87. The first-order valence-corrected chi connectivity index (χ1v) is 5.90. The number of hydrogen-bond acceptors (Lipinski definition) is 6. The molecule has 0 aliphatic rings. The third kappa shape index (κ3) is 3.25. The first-order valence-electron chi connectivity index (χ1n) is 5.90. The predicted octanol–water partition coefficient (Wildman–Crippen LogP) is 2.05. The van der Waals surface area contributed by atoms with Crippen molar-refractivity contribution in [2.75, 3.05) is 17.7 Å². The molecule has 3 N–H and O–H groups in total. The second-order valence-electron chi connectivity index (χ2n) is 3.87. The van der Waals surface area contributed by atoms with Crippen LogP contribution in [0.3, 0.4) is 0 Å². The molecule has 19 heavy (non-hydrogen) atoms. The molecule has 0 radical (unpaired) electrons. The van der Waals surface area contributed by atoms with Gasteiger partial charge in [-0.1, -0.05) is 5.16 Å². The monoisotopic (exact) mass is 261 g/mol. The minimum atomic E-state index is -0.426. The summed E-state index contributed by atoms with van der Waals surface area (Å²) in [4.78, 5) is 11.7. The normalized spacial score (nSPS) is 10.2. The Labute approximate surface area is 110 Å². The molecule has 2 rings (SSSR count). The average molecular weight is 261 g/mol. The summed E-state index contributed by atoms with van der Waals surface area (Å²) in [6.45, 7) is 2.57. The van der Waals surface area contributed by atoms with Gasteiger partial charge in [-0.3, -0.25) is 0 Å². The van der Waals surface area contributed by atoms with Crippen LogP contribution in [0.25, 0.3) is 0 Å². The smallest absolute Gasteiger partial charge is 0.340 e. The van der Waals surface area contributed by atoms with Crippen molar-refractivity contribution in [3.8, 4) is 0 Å². The fourth-order valence-electron chi connectivity index (χ4n) is 1.57. The van der Waals surface area contributed by atoms with E-state index in [1.54, 1.807) is 31.2 Å². The molecule has 0 spiro atoms. The van der Waals surface area contributed by atoms with Gasteiger partial charge in [-0.05, 0) is 25.1 Å². The van der Waals surface area contributed by atoms with Gasteiger partial charge in [0.2, 0.25) is 0 Å². The van der Waals surface area contributed by atoms with Gasteiger partial charge in [0.05, 0.1) is 18.7 Å². The number of carbonyl (C=O) groups excluding carboxylic acids is 1. The highest BCUT2D eigenvalue weighted by Gasteiger charge is 2.11. The molecule has 0 bridgehead atoms. The number of hydrogen-bond donors (Lipinski definition) is 2. The summed E-state index contributed by atoms with van der Waals surface area (Å²) < 4.78 is 9.67. The zero-order valence-corrected chi connectivity index (χ0v) is 10.6. The van der Waals surface area contributed by atoms with Crippen molar-refractivity contribution < 1.29 is 14.1 Å². The van der Waals surface area contributed by atoms with Gasteiger partial charge < -0.3 is 20.3 Å². The van der Waals surface area contributed by atoms with Gasteiger partial charge in [-0.2, -0.15) is 0 Å². The Hall–Kier alpha value is -2.50.